The Hall–Kier alpha value is -0.190. The van der Waals surface area contributed by atoms with E-state index in [9.17, 15) is 0 Å². The van der Waals surface area contributed by atoms with E-state index in [1.54, 1.807) is 12.1 Å². The molecule has 1 unspecified atom stereocenters. The van der Waals surface area contributed by atoms with Crippen molar-refractivity contribution in [2.75, 3.05) is 0 Å². The van der Waals surface area contributed by atoms with Crippen LogP contribution >= 0.6 is 0 Å². The third-order valence-corrected chi connectivity index (χ3v) is 4.51. The van der Waals surface area contributed by atoms with Crippen molar-refractivity contribution in [3.63, 3.8) is 0 Å². The minimum absolute atomic E-state index is 0.116. The molecule has 0 bridgehead atoms. The molecule has 0 aliphatic rings. The van der Waals surface area contributed by atoms with Crippen LogP contribution in [0, 0.1) is 0 Å². The first-order valence-electron chi connectivity index (χ1n) is 3.55. The van der Waals surface area contributed by atoms with Gasteiger partial charge in [-0.15, -0.1) is 0 Å². The van der Waals surface area contributed by atoms with Gasteiger partial charge in [0.05, 0.1) is 0 Å². The zero-order valence-corrected chi connectivity index (χ0v) is 9.07. The third kappa shape index (κ3) is 2.39. The zero-order valence-electron chi connectivity index (χ0n) is 6.74. The van der Waals surface area contributed by atoms with E-state index in [1.165, 1.54) is 5.56 Å². The fourth-order valence-corrected chi connectivity index (χ4v) is 2.11. The van der Waals surface area contributed by atoms with Crippen LogP contribution in [0.1, 0.15) is 16.5 Å². The molecule has 11 heavy (non-hydrogen) atoms. The molecule has 0 saturated heterocycles. The summed E-state index contributed by atoms with van der Waals surface area (Å²) in [6.07, 6.45) is 0. The van der Waals surface area contributed by atoms with Crippen LogP contribution < -0.4 is 0 Å². The molecule has 1 aromatic carbocycles. The Morgan fingerprint density at radius 2 is 1.82 bits per heavy atom. The standard InChI is InChI=1S/C9H12OTe/c1-7(11-2)8-3-5-9(10)6-4-8/h3-7,10H,1-2H3. The summed E-state index contributed by atoms with van der Waals surface area (Å²) in [7, 11) is 0. The Bertz CT molecular complexity index is 218. The van der Waals surface area contributed by atoms with Gasteiger partial charge in [-0.2, -0.15) is 0 Å². The summed E-state index contributed by atoms with van der Waals surface area (Å²) in [6, 6.07) is 7.53. The molecule has 1 rings (SSSR count). The van der Waals surface area contributed by atoms with Gasteiger partial charge in [0, 0.05) is 0 Å². The Labute approximate surface area is 77.5 Å². The van der Waals surface area contributed by atoms with E-state index in [2.05, 4.69) is 11.9 Å². The maximum atomic E-state index is 9.02. The summed E-state index contributed by atoms with van der Waals surface area (Å²) in [4.78, 5) is 2.29. The topological polar surface area (TPSA) is 20.2 Å². The second-order valence-corrected chi connectivity index (χ2v) is 5.83. The first-order valence-corrected chi connectivity index (χ1v) is 7.23. The molecule has 1 aromatic rings. The van der Waals surface area contributed by atoms with Crippen molar-refractivity contribution in [3.05, 3.63) is 29.8 Å². The number of rotatable bonds is 2. The summed E-state index contributed by atoms with van der Waals surface area (Å²) < 4.78 is 0.723. The van der Waals surface area contributed by atoms with Crippen molar-refractivity contribution in [2.24, 2.45) is 0 Å². The van der Waals surface area contributed by atoms with Crippen LogP contribution in [0.2, 0.25) is 4.97 Å². The van der Waals surface area contributed by atoms with Crippen LogP contribution in [0.25, 0.3) is 0 Å². The number of hydrogen-bond donors (Lipinski definition) is 1. The van der Waals surface area contributed by atoms with Crippen molar-refractivity contribution in [1.29, 1.82) is 0 Å². The maximum absolute atomic E-state index is 9.02. The average molecular weight is 264 g/mol. The summed E-state index contributed by atoms with van der Waals surface area (Å²) >= 11 is 0.116. The first kappa shape index (κ1) is 8.90. The van der Waals surface area contributed by atoms with Gasteiger partial charge in [-0.05, 0) is 0 Å². The van der Waals surface area contributed by atoms with E-state index in [0.29, 0.717) is 5.75 Å². The summed E-state index contributed by atoms with van der Waals surface area (Å²) in [5.74, 6) is 0.359. The predicted octanol–water partition coefficient (Wildman–Crippen LogP) is 2.21. The van der Waals surface area contributed by atoms with Gasteiger partial charge >= 0.3 is 77.5 Å². The van der Waals surface area contributed by atoms with Gasteiger partial charge in [0.25, 0.3) is 0 Å². The molecule has 1 nitrogen and oxygen atoms in total. The van der Waals surface area contributed by atoms with Gasteiger partial charge < -0.3 is 0 Å². The molecule has 0 spiro atoms. The van der Waals surface area contributed by atoms with Crippen molar-refractivity contribution in [2.45, 2.75) is 15.9 Å². The van der Waals surface area contributed by atoms with Gasteiger partial charge in [-0.25, -0.2) is 0 Å². The third-order valence-electron chi connectivity index (χ3n) is 1.72. The molecular formula is C9H12OTe. The number of benzene rings is 1. The number of aromatic hydroxyl groups is 1. The molecule has 0 aliphatic heterocycles. The predicted molar refractivity (Wildman–Crippen MR) is 48.1 cm³/mol. The van der Waals surface area contributed by atoms with E-state index < -0.39 is 0 Å². The minimum atomic E-state index is 0.116. The van der Waals surface area contributed by atoms with E-state index >= 15 is 0 Å². The second-order valence-electron chi connectivity index (χ2n) is 2.47. The average Bonchev–Trinajstić information content (AvgIpc) is 2.05. The van der Waals surface area contributed by atoms with Gasteiger partial charge in [-0.1, -0.05) is 0 Å². The normalized spacial score (nSPS) is 12.9. The quantitative estimate of drug-likeness (QED) is 0.812. The zero-order chi connectivity index (χ0) is 8.27. The molecule has 0 heterocycles. The monoisotopic (exact) mass is 266 g/mol. The van der Waals surface area contributed by atoms with Crippen LogP contribution in [0.3, 0.4) is 0 Å². The van der Waals surface area contributed by atoms with Crippen LogP contribution in [-0.2, 0) is 0 Å². The first-order chi connectivity index (χ1) is 5.24. The van der Waals surface area contributed by atoms with Crippen molar-refractivity contribution in [1.82, 2.24) is 0 Å². The molecule has 0 radical (unpaired) electrons. The molecule has 0 fully saturated rings. The van der Waals surface area contributed by atoms with Crippen molar-refractivity contribution in [3.8, 4) is 5.75 Å². The number of hydrogen-bond acceptors (Lipinski definition) is 1. The molecule has 0 amide bonds. The Morgan fingerprint density at radius 3 is 2.27 bits per heavy atom. The molecule has 0 aromatic heterocycles. The number of phenols is 1. The molecule has 0 saturated carbocycles. The summed E-state index contributed by atoms with van der Waals surface area (Å²) in [6.45, 7) is 2.24. The van der Waals surface area contributed by atoms with Crippen molar-refractivity contribution >= 4 is 20.9 Å². The van der Waals surface area contributed by atoms with Gasteiger partial charge in [0.1, 0.15) is 0 Å². The fraction of sp³-hybridized carbons (Fsp3) is 0.333. The van der Waals surface area contributed by atoms with Gasteiger partial charge in [0.15, 0.2) is 0 Å². The molecule has 1 N–H and O–H groups in total. The van der Waals surface area contributed by atoms with Crippen LogP contribution in [0.4, 0.5) is 0 Å². The fourth-order valence-electron chi connectivity index (χ4n) is 0.881. The van der Waals surface area contributed by atoms with E-state index in [1.807, 2.05) is 12.1 Å². The van der Waals surface area contributed by atoms with E-state index in [-0.39, 0.29) is 20.9 Å². The molecule has 60 valence electrons. The van der Waals surface area contributed by atoms with E-state index in [4.69, 9.17) is 5.11 Å². The molecular weight excluding hydrogens is 252 g/mol. The van der Waals surface area contributed by atoms with E-state index in [0.717, 1.165) is 3.97 Å². The summed E-state index contributed by atoms with van der Waals surface area (Å²) in [5, 5.41) is 9.02. The Morgan fingerprint density at radius 1 is 1.27 bits per heavy atom. The Kier molecular flexibility index (Phi) is 3.23. The van der Waals surface area contributed by atoms with Crippen LogP contribution in [-0.4, -0.2) is 26.0 Å². The van der Waals surface area contributed by atoms with Crippen LogP contribution in [0.15, 0.2) is 24.3 Å². The van der Waals surface area contributed by atoms with Gasteiger partial charge in [-0.3, -0.25) is 0 Å². The Balaban J connectivity index is 2.81. The second kappa shape index (κ2) is 3.99. The molecule has 0 aliphatic carbocycles. The van der Waals surface area contributed by atoms with Crippen molar-refractivity contribution < 1.29 is 5.11 Å². The number of phenolic OH excluding ortho intramolecular Hbond substituents is 1. The SMILES string of the molecule is C[Te]C(C)c1ccc(O)cc1. The summed E-state index contributed by atoms with van der Waals surface area (Å²) in [5.41, 5.74) is 1.35. The van der Waals surface area contributed by atoms with Crippen LogP contribution in [0.5, 0.6) is 5.75 Å². The molecule has 2 heteroatoms. The van der Waals surface area contributed by atoms with Gasteiger partial charge in [0.2, 0.25) is 0 Å². The molecule has 1 atom stereocenters.